The van der Waals surface area contributed by atoms with Crippen molar-refractivity contribution in [3.05, 3.63) is 85.2 Å². The van der Waals surface area contributed by atoms with Gasteiger partial charge in [-0.3, -0.25) is 25.0 Å². The minimum Gasteiger partial charge on any atom is -0.305 e. The standard InChI is InChI=1S/C21H12N4O5S/c1-2-9-23-18-8-7-13-5-3-4-6-17(13)19(18)31-21(23)22-20(26)14-10-15(24(27)28)12-16(11-14)25(29)30/h1,3-8,10-12H,9H2. The fourth-order valence-corrected chi connectivity index (χ4v) is 4.37. The highest BCUT2D eigenvalue weighted by atomic mass is 32.1. The zero-order valence-corrected chi connectivity index (χ0v) is 16.5. The van der Waals surface area contributed by atoms with Gasteiger partial charge in [0.1, 0.15) is 0 Å². The summed E-state index contributed by atoms with van der Waals surface area (Å²) in [5.41, 5.74) is -0.591. The molecule has 0 atom stereocenters. The number of aromatic nitrogens is 1. The molecule has 0 fully saturated rings. The minimum absolute atomic E-state index is 0.152. The number of amides is 1. The monoisotopic (exact) mass is 432 g/mol. The van der Waals surface area contributed by atoms with Crippen LogP contribution in [-0.2, 0) is 6.54 Å². The lowest BCUT2D eigenvalue weighted by Crippen LogP contribution is -2.16. The van der Waals surface area contributed by atoms with Gasteiger partial charge in [-0.1, -0.05) is 47.6 Å². The van der Waals surface area contributed by atoms with Gasteiger partial charge < -0.3 is 4.57 Å². The Hall–Kier alpha value is -4.36. The molecular formula is C21H12N4O5S. The summed E-state index contributed by atoms with van der Waals surface area (Å²) in [6, 6.07) is 14.3. The van der Waals surface area contributed by atoms with Crippen molar-refractivity contribution in [2.45, 2.75) is 6.54 Å². The number of benzene rings is 3. The smallest absolute Gasteiger partial charge is 0.280 e. The van der Waals surface area contributed by atoms with Crippen LogP contribution in [0, 0.1) is 32.6 Å². The summed E-state index contributed by atoms with van der Waals surface area (Å²) >= 11 is 1.25. The number of hydrogen-bond acceptors (Lipinski definition) is 6. The molecule has 3 aromatic carbocycles. The normalized spacial score (nSPS) is 11.5. The van der Waals surface area contributed by atoms with E-state index in [1.165, 1.54) is 11.3 Å². The molecule has 1 aromatic heterocycles. The Morgan fingerprint density at radius 2 is 1.74 bits per heavy atom. The second kappa shape index (κ2) is 7.81. The average molecular weight is 432 g/mol. The lowest BCUT2D eigenvalue weighted by atomic mass is 10.1. The number of nitrogens with zero attached hydrogens (tertiary/aromatic N) is 4. The maximum Gasteiger partial charge on any atom is 0.280 e. The fourth-order valence-electron chi connectivity index (χ4n) is 3.21. The summed E-state index contributed by atoms with van der Waals surface area (Å²) in [6.07, 6.45) is 5.50. The van der Waals surface area contributed by atoms with E-state index in [4.69, 9.17) is 6.42 Å². The number of hydrogen-bond donors (Lipinski definition) is 0. The minimum atomic E-state index is -0.839. The number of nitro groups is 2. The summed E-state index contributed by atoms with van der Waals surface area (Å²) < 4.78 is 2.57. The summed E-state index contributed by atoms with van der Waals surface area (Å²) in [5, 5.41) is 24.2. The van der Waals surface area contributed by atoms with Crippen LogP contribution in [0.25, 0.3) is 21.0 Å². The largest absolute Gasteiger partial charge is 0.305 e. The molecular weight excluding hydrogens is 420 g/mol. The highest BCUT2D eigenvalue weighted by Crippen LogP contribution is 2.28. The number of terminal acetylenes is 1. The predicted octanol–water partition coefficient (Wildman–Crippen LogP) is 4.05. The fraction of sp³-hybridized carbons (Fsp3) is 0.0476. The highest BCUT2D eigenvalue weighted by Gasteiger charge is 2.20. The van der Waals surface area contributed by atoms with E-state index in [1.807, 2.05) is 36.4 Å². The first kappa shape index (κ1) is 19.9. The van der Waals surface area contributed by atoms with E-state index in [1.54, 1.807) is 4.57 Å². The van der Waals surface area contributed by atoms with Crippen molar-refractivity contribution >= 4 is 49.6 Å². The molecule has 1 heterocycles. The molecule has 0 aliphatic rings. The van der Waals surface area contributed by atoms with Crippen LogP contribution in [0.1, 0.15) is 10.4 Å². The zero-order valence-electron chi connectivity index (χ0n) is 15.7. The van der Waals surface area contributed by atoms with E-state index in [2.05, 4.69) is 10.9 Å². The molecule has 31 heavy (non-hydrogen) atoms. The zero-order chi connectivity index (χ0) is 22.1. The summed E-state index contributed by atoms with van der Waals surface area (Å²) in [6.45, 7) is 0.152. The third-order valence-electron chi connectivity index (χ3n) is 4.59. The van der Waals surface area contributed by atoms with Crippen LogP contribution in [0.15, 0.2) is 59.6 Å². The topological polar surface area (TPSA) is 121 Å². The first-order chi connectivity index (χ1) is 14.9. The van der Waals surface area contributed by atoms with Crippen molar-refractivity contribution < 1.29 is 14.6 Å². The van der Waals surface area contributed by atoms with Crippen molar-refractivity contribution in [1.29, 1.82) is 0 Å². The maximum absolute atomic E-state index is 12.8. The molecule has 0 radical (unpaired) electrons. The van der Waals surface area contributed by atoms with Gasteiger partial charge in [0.15, 0.2) is 4.80 Å². The molecule has 0 saturated carbocycles. The number of nitro benzene ring substituents is 2. The number of non-ortho nitro benzene ring substituents is 2. The van der Waals surface area contributed by atoms with E-state index in [9.17, 15) is 25.0 Å². The molecule has 4 rings (SSSR count). The Balaban J connectivity index is 1.93. The van der Waals surface area contributed by atoms with Gasteiger partial charge in [0.2, 0.25) is 0 Å². The second-order valence-electron chi connectivity index (χ2n) is 6.48. The van der Waals surface area contributed by atoms with Gasteiger partial charge in [0, 0.05) is 17.5 Å². The van der Waals surface area contributed by atoms with E-state index in [-0.39, 0.29) is 12.1 Å². The van der Waals surface area contributed by atoms with Crippen LogP contribution < -0.4 is 4.80 Å². The number of fused-ring (bicyclic) bond motifs is 3. The molecule has 0 N–H and O–H groups in total. The Morgan fingerprint density at radius 1 is 1.06 bits per heavy atom. The Bertz CT molecular complexity index is 1480. The van der Waals surface area contributed by atoms with Crippen molar-refractivity contribution in [3.63, 3.8) is 0 Å². The molecule has 4 aromatic rings. The number of thiazole rings is 1. The lowest BCUT2D eigenvalue weighted by Gasteiger charge is -2.02. The van der Waals surface area contributed by atoms with E-state index in [0.29, 0.717) is 4.80 Å². The van der Waals surface area contributed by atoms with Gasteiger partial charge in [0.05, 0.1) is 38.2 Å². The Labute approximate surface area is 178 Å². The molecule has 0 saturated heterocycles. The van der Waals surface area contributed by atoms with Crippen LogP contribution in [0.3, 0.4) is 0 Å². The molecule has 0 bridgehead atoms. The molecule has 0 unspecified atom stereocenters. The van der Waals surface area contributed by atoms with Crippen molar-refractivity contribution in [1.82, 2.24) is 4.57 Å². The first-order valence-electron chi connectivity index (χ1n) is 8.86. The number of rotatable bonds is 4. The SMILES string of the molecule is C#CCn1c(=NC(=O)c2cc([N+](=O)[O-])cc([N+](=O)[O-])c2)sc2c3ccccc3ccc21. The molecule has 152 valence electrons. The molecule has 10 heteroatoms. The van der Waals surface area contributed by atoms with Crippen LogP contribution >= 0.6 is 11.3 Å². The van der Waals surface area contributed by atoms with Crippen LogP contribution in [0.2, 0.25) is 0 Å². The summed E-state index contributed by atoms with van der Waals surface area (Å²) in [7, 11) is 0. The lowest BCUT2D eigenvalue weighted by molar-refractivity contribution is -0.394. The maximum atomic E-state index is 12.8. The van der Waals surface area contributed by atoms with Gasteiger partial charge >= 0.3 is 0 Å². The Kier molecular flexibility index (Phi) is 5.02. The third-order valence-corrected chi connectivity index (χ3v) is 5.72. The Morgan fingerprint density at radius 3 is 2.39 bits per heavy atom. The van der Waals surface area contributed by atoms with Crippen LogP contribution in [0.5, 0.6) is 0 Å². The number of carbonyl (C=O) groups excluding carboxylic acids is 1. The summed E-state index contributed by atoms with van der Waals surface area (Å²) in [4.78, 5) is 37.8. The van der Waals surface area contributed by atoms with E-state index in [0.717, 1.165) is 39.2 Å². The molecule has 0 spiro atoms. The highest BCUT2D eigenvalue weighted by molar-refractivity contribution is 7.17. The predicted molar refractivity (Wildman–Crippen MR) is 116 cm³/mol. The van der Waals surface area contributed by atoms with Crippen LogP contribution in [-0.4, -0.2) is 20.3 Å². The van der Waals surface area contributed by atoms with Gasteiger partial charge in [-0.15, -0.1) is 6.42 Å². The van der Waals surface area contributed by atoms with Gasteiger partial charge in [0.25, 0.3) is 17.3 Å². The van der Waals surface area contributed by atoms with E-state index >= 15 is 0 Å². The van der Waals surface area contributed by atoms with Gasteiger partial charge in [-0.2, -0.15) is 4.99 Å². The quantitative estimate of drug-likeness (QED) is 0.274. The van der Waals surface area contributed by atoms with Gasteiger partial charge in [-0.05, 0) is 11.5 Å². The molecule has 9 nitrogen and oxygen atoms in total. The van der Waals surface area contributed by atoms with Gasteiger partial charge in [-0.25, -0.2) is 0 Å². The number of carbonyl (C=O) groups is 1. The van der Waals surface area contributed by atoms with Crippen molar-refractivity contribution in [3.8, 4) is 12.3 Å². The van der Waals surface area contributed by atoms with Crippen molar-refractivity contribution in [2.75, 3.05) is 0 Å². The molecule has 1 amide bonds. The van der Waals surface area contributed by atoms with Crippen molar-refractivity contribution in [2.24, 2.45) is 4.99 Å². The second-order valence-corrected chi connectivity index (χ2v) is 7.46. The average Bonchev–Trinajstić information content (AvgIpc) is 3.11. The molecule has 0 aliphatic heterocycles. The van der Waals surface area contributed by atoms with Crippen LogP contribution in [0.4, 0.5) is 11.4 Å². The molecule has 0 aliphatic carbocycles. The third kappa shape index (κ3) is 3.65. The van der Waals surface area contributed by atoms with E-state index < -0.39 is 27.1 Å². The summed E-state index contributed by atoms with van der Waals surface area (Å²) in [5.74, 6) is 1.69. The first-order valence-corrected chi connectivity index (χ1v) is 9.68.